The highest BCUT2D eigenvalue weighted by atomic mass is 28.5. The molecule has 0 aromatic heterocycles. The molecule has 0 aliphatic carbocycles. The van der Waals surface area contributed by atoms with Gasteiger partial charge < -0.3 is 8.23 Å². The van der Waals surface area contributed by atoms with Gasteiger partial charge in [-0.3, -0.25) is 0 Å². The lowest BCUT2D eigenvalue weighted by Crippen LogP contribution is -2.45. The molecule has 0 saturated heterocycles. The van der Waals surface area contributed by atoms with Crippen molar-refractivity contribution in [2.24, 2.45) is 0 Å². The minimum absolute atomic E-state index is 0. The first kappa shape index (κ1) is 29.6. The molecule has 0 heterocycles. The minimum Gasteiger partial charge on any atom is -0.442 e. The summed E-state index contributed by atoms with van der Waals surface area (Å²) in [5.41, 5.74) is 0. The van der Waals surface area contributed by atoms with E-state index in [4.69, 9.17) is 8.23 Å². The Morgan fingerprint density at radius 3 is 1.33 bits per heavy atom. The van der Waals surface area contributed by atoms with Gasteiger partial charge in [0, 0.05) is 0 Å². The molecule has 0 amide bonds. The highest BCUT2D eigenvalue weighted by molar-refractivity contribution is 6.82. The molecule has 0 radical (unpaired) electrons. The third-order valence-corrected chi connectivity index (χ3v) is 9.40. The number of hydrogen-bond donors (Lipinski definition) is 0. The summed E-state index contributed by atoms with van der Waals surface area (Å²) in [5.74, 6) is 0. The van der Waals surface area contributed by atoms with Crippen LogP contribution in [0.1, 0.15) is 29.7 Å². The van der Waals surface area contributed by atoms with Gasteiger partial charge >= 0.3 is 8.56 Å². The van der Waals surface area contributed by atoms with Gasteiger partial charge in [0.1, 0.15) is 9.76 Å². The van der Waals surface area contributed by atoms with Crippen LogP contribution >= 0.6 is 0 Å². The first-order chi connectivity index (χ1) is 4.77. The van der Waals surface area contributed by atoms with Gasteiger partial charge in [-0.2, -0.15) is 0 Å². The van der Waals surface area contributed by atoms with Crippen molar-refractivity contribution in [1.29, 1.82) is 0 Å². The summed E-state index contributed by atoms with van der Waals surface area (Å²) in [6.45, 7) is 13.1. The van der Waals surface area contributed by atoms with Crippen LogP contribution in [0.5, 0.6) is 0 Å². The van der Waals surface area contributed by atoms with Crippen molar-refractivity contribution in [1.82, 2.24) is 0 Å². The highest BCUT2D eigenvalue weighted by Crippen LogP contribution is 2.14. The molecule has 0 N–H and O–H groups in total. The van der Waals surface area contributed by atoms with Crippen LogP contribution in [0.25, 0.3) is 0 Å². The first-order valence-electron chi connectivity index (χ1n) is 4.11. The van der Waals surface area contributed by atoms with Crippen molar-refractivity contribution in [2.45, 2.75) is 69.0 Å². The van der Waals surface area contributed by atoms with Crippen molar-refractivity contribution < 1.29 is 8.23 Å². The zero-order chi connectivity index (χ0) is 9.12. The topological polar surface area (TPSA) is 18.5 Å². The van der Waals surface area contributed by atoms with Crippen LogP contribution in [0.2, 0.25) is 39.3 Å². The summed E-state index contributed by atoms with van der Waals surface area (Å²) in [6.07, 6.45) is 0. The molecule has 15 heavy (non-hydrogen) atoms. The third-order valence-electron chi connectivity index (χ3n) is 1.04. The van der Waals surface area contributed by atoms with Gasteiger partial charge in [-0.25, -0.2) is 0 Å². The molecular formula is C10H36O2Si3. The Bertz CT molecular complexity index is 122. The fraction of sp³-hybridized carbons (Fsp3) is 1.00. The monoisotopic (exact) mass is 272 g/mol. The van der Waals surface area contributed by atoms with E-state index in [1.165, 1.54) is 0 Å². The molecule has 2 nitrogen and oxygen atoms in total. The van der Waals surface area contributed by atoms with E-state index in [9.17, 15) is 0 Å². The van der Waals surface area contributed by atoms with Gasteiger partial charge in [-0.05, 0) is 32.7 Å². The summed E-state index contributed by atoms with van der Waals surface area (Å²) in [6, 6.07) is 0. The van der Waals surface area contributed by atoms with Gasteiger partial charge in [0.15, 0.2) is 8.32 Å². The van der Waals surface area contributed by atoms with E-state index in [1.54, 1.807) is 0 Å². The van der Waals surface area contributed by atoms with Crippen LogP contribution in [0, 0.1) is 0 Å². The minimum atomic E-state index is -1.72. The third kappa shape index (κ3) is 20.6. The molecule has 0 spiro atoms. The molecule has 0 saturated carbocycles. The molecular weight excluding hydrogens is 236 g/mol. The predicted octanol–water partition coefficient (Wildman–Crippen LogP) is 4.23. The molecule has 0 rings (SSSR count). The Morgan fingerprint density at radius 1 is 0.800 bits per heavy atom. The maximum Gasteiger partial charge on any atom is 0.310 e. The van der Waals surface area contributed by atoms with Crippen LogP contribution in [-0.4, -0.2) is 26.6 Å². The molecule has 0 aliphatic rings. The van der Waals surface area contributed by atoms with Gasteiger partial charge in [-0.15, -0.1) is 0 Å². The SMILES string of the molecule is C.C.C.C.C[SiH2]O[Si](C)(C)O[Si](C)(C)C. The van der Waals surface area contributed by atoms with Gasteiger partial charge in [0.2, 0.25) is 0 Å². The van der Waals surface area contributed by atoms with Gasteiger partial charge in [0.05, 0.1) is 0 Å². The van der Waals surface area contributed by atoms with Crippen LogP contribution in [0.15, 0.2) is 0 Å². The summed E-state index contributed by atoms with van der Waals surface area (Å²) < 4.78 is 11.7. The van der Waals surface area contributed by atoms with Crippen molar-refractivity contribution in [3.05, 3.63) is 0 Å². The van der Waals surface area contributed by atoms with Crippen LogP contribution in [0.3, 0.4) is 0 Å². The molecule has 0 aromatic rings. The molecule has 0 bridgehead atoms. The fourth-order valence-electron chi connectivity index (χ4n) is 1.11. The maximum atomic E-state index is 5.96. The average Bonchev–Trinajstić information content (AvgIpc) is 1.55. The highest BCUT2D eigenvalue weighted by Gasteiger charge is 2.30. The standard InChI is InChI=1S/C6H20O2Si3.4CH4/c1-9-7-11(5,6)8-10(2,3)4;;;;/h9H2,1-6H3;4*1H4. The van der Waals surface area contributed by atoms with E-state index in [-0.39, 0.29) is 39.5 Å². The molecule has 100 valence electrons. The lowest BCUT2D eigenvalue weighted by atomic mass is 11.8. The normalized spacial score (nSPS) is 10.8. The Balaban J connectivity index is -0.0000000833. The summed E-state index contributed by atoms with van der Waals surface area (Å²) in [4.78, 5) is 0. The quantitative estimate of drug-likeness (QED) is 0.713. The number of hydrogen-bond acceptors (Lipinski definition) is 2. The van der Waals surface area contributed by atoms with Crippen LogP contribution in [-0.2, 0) is 8.23 Å². The van der Waals surface area contributed by atoms with E-state index < -0.39 is 16.9 Å². The van der Waals surface area contributed by atoms with E-state index >= 15 is 0 Å². The second kappa shape index (κ2) is 11.1. The first-order valence-corrected chi connectivity index (χ1v) is 12.3. The summed E-state index contributed by atoms with van der Waals surface area (Å²) in [5, 5.41) is 0. The molecule has 0 aliphatic heterocycles. The van der Waals surface area contributed by atoms with Gasteiger partial charge in [-0.1, -0.05) is 36.3 Å². The maximum absolute atomic E-state index is 5.96. The second-order valence-corrected chi connectivity index (χ2v) is 13.6. The zero-order valence-corrected chi connectivity index (χ0v) is 11.9. The summed E-state index contributed by atoms with van der Waals surface area (Å²) >= 11 is 0. The smallest absolute Gasteiger partial charge is 0.310 e. The molecule has 0 unspecified atom stereocenters. The van der Waals surface area contributed by atoms with E-state index in [2.05, 4.69) is 39.3 Å². The van der Waals surface area contributed by atoms with E-state index in [1.807, 2.05) is 0 Å². The van der Waals surface area contributed by atoms with Crippen molar-refractivity contribution >= 4 is 26.6 Å². The Morgan fingerprint density at radius 2 is 1.13 bits per heavy atom. The Kier molecular flexibility index (Phi) is 21.8. The predicted molar refractivity (Wildman–Crippen MR) is 84.3 cm³/mol. The van der Waals surface area contributed by atoms with Crippen molar-refractivity contribution in [3.63, 3.8) is 0 Å². The Hall–Kier alpha value is 0.571. The molecule has 0 fully saturated rings. The molecule has 0 aromatic carbocycles. The van der Waals surface area contributed by atoms with E-state index in [0.717, 1.165) is 0 Å². The fourth-order valence-corrected chi connectivity index (χ4v) is 10.6. The second-order valence-electron chi connectivity index (χ2n) is 4.05. The number of rotatable bonds is 4. The summed E-state index contributed by atoms with van der Waals surface area (Å²) in [7, 11) is -3.39. The van der Waals surface area contributed by atoms with Crippen molar-refractivity contribution in [2.75, 3.05) is 0 Å². The Labute approximate surface area is 104 Å². The van der Waals surface area contributed by atoms with E-state index in [0.29, 0.717) is 0 Å². The largest absolute Gasteiger partial charge is 0.442 e. The molecule has 5 heteroatoms. The van der Waals surface area contributed by atoms with Crippen LogP contribution in [0.4, 0.5) is 0 Å². The lowest BCUT2D eigenvalue weighted by Gasteiger charge is -2.30. The average molecular weight is 273 g/mol. The zero-order valence-electron chi connectivity index (χ0n) is 8.52. The van der Waals surface area contributed by atoms with Crippen LogP contribution < -0.4 is 0 Å². The molecule has 0 atom stereocenters. The lowest BCUT2D eigenvalue weighted by molar-refractivity contribution is 0.412. The van der Waals surface area contributed by atoms with Gasteiger partial charge in [0.25, 0.3) is 0 Å². The van der Waals surface area contributed by atoms with Crippen molar-refractivity contribution in [3.8, 4) is 0 Å².